The first-order chi connectivity index (χ1) is 13.4. The summed E-state index contributed by atoms with van der Waals surface area (Å²) in [5.41, 5.74) is 2.05. The third-order valence-corrected chi connectivity index (χ3v) is 3.87. The van der Waals surface area contributed by atoms with Crippen molar-refractivity contribution in [2.24, 2.45) is 0 Å². The number of rotatable bonds is 8. The average molecular weight is 384 g/mol. The quantitative estimate of drug-likeness (QED) is 0.708. The number of hydrogen-bond acceptors (Lipinski definition) is 5. The molecule has 0 radical (unpaired) electrons. The van der Waals surface area contributed by atoms with Crippen molar-refractivity contribution in [3.05, 3.63) is 59.7 Å². The van der Waals surface area contributed by atoms with E-state index in [-0.39, 0.29) is 12.5 Å². The molecule has 0 spiro atoms. The summed E-state index contributed by atoms with van der Waals surface area (Å²) in [5.74, 6) is -0.778. The van der Waals surface area contributed by atoms with Gasteiger partial charge in [0.2, 0.25) is 5.91 Å². The molecule has 1 N–H and O–H groups in total. The summed E-state index contributed by atoms with van der Waals surface area (Å²) >= 11 is 0. The minimum atomic E-state index is -0.617. The van der Waals surface area contributed by atoms with Crippen LogP contribution in [0, 0.1) is 6.92 Å². The highest BCUT2D eigenvalue weighted by Crippen LogP contribution is 2.13. The van der Waals surface area contributed by atoms with Crippen LogP contribution < -0.4 is 10.1 Å². The Bertz CT molecular complexity index is 816. The Morgan fingerprint density at radius 1 is 1.00 bits per heavy atom. The van der Waals surface area contributed by atoms with Crippen LogP contribution in [0.3, 0.4) is 0 Å². The number of aryl methyl sites for hydroxylation is 1. The number of amides is 2. The Morgan fingerprint density at radius 3 is 2.25 bits per heavy atom. The molecule has 0 fully saturated rings. The molecule has 0 aliphatic carbocycles. The lowest BCUT2D eigenvalue weighted by atomic mass is 10.2. The Balaban J connectivity index is 1.78. The molecule has 0 saturated heterocycles. The molecular weight excluding hydrogens is 360 g/mol. The second kappa shape index (κ2) is 10.1. The topological polar surface area (TPSA) is 84.9 Å². The van der Waals surface area contributed by atoms with Crippen LogP contribution in [0.1, 0.15) is 22.8 Å². The van der Waals surface area contributed by atoms with Gasteiger partial charge in [-0.3, -0.25) is 9.59 Å². The molecule has 7 nitrogen and oxygen atoms in total. The van der Waals surface area contributed by atoms with Crippen LogP contribution in [0.5, 0.6) is 5.75 Å². The minimum Gasteiger partial charge on any atom is -0.494 e. The molecule has 148 valence electrons. The summed E-state index contributed by atoms with van der Waals surface area (Å²) in [5, 5.41) is 2.71. The normalized spacial score (nSPS) is 10.1. The molecule has 2 amide bonds. The van der Waals surface area contributed by atoms with Gasteiger partial charge in [-0.05, 0) is 50.2 Å². The number of esters is 1. The first kappa shape index (κ1) is 21.0. The van der Waals surface area contributed by atoms with Gasteiger partial charge in [-0.15, -0.1) is 0 Å². The molecule has 0 heterocycles. The molecule has 0 aliphatic heterocycles. The van der Waals surface area contributed by atoms with Crippen molar-refractivity contribution in [1.82, 2.24) is 4.90 Å². The van der Waals surface area contributed by atoms with Crippen LogP contribution in [0.25, 0.3) is 0 Å². The largest absolute Gasteiger partial charge is 0.494 e. The van der Waals surface area contributed by atoms with E-state index in [1.54, 1.807) is 36.4 Å². The van der Waals surface area contributed by atoms with Gasteiger partial charge in [-0.2, -0.15) is 0 Å². The fraction of sp³-hybridized carbons (Fsp3) is 0.286. The molecule has 28 heavy (non-hydrogen) atoms. The molecule has 2 aromatic carbocycles. The van der Waals surface area contributed by atoms with E-state index >= 15 is 0 Å². The lowest BCUT2D eigenvalue weighted by Crippen LogP contribution is -2.37. The lowest BCUT2D eigenvalue weighted by molar-refractivity contribution is -0.136. The van der Waals surface area contributed by atoms with Gasteiger partial charge in [-0.1, -0.05) is 17.7 Å². The summed E-state index contributed by atoms with van der Waals surface area (Å²) < 4.78 is 10.3. The van der Waals surface area contributed by atoms with Crippen LogP contribution in [0.4, 0.5) is 5.69 Å². The fourth-order valence-electron chi connectivity index (χ4n) is 2.32. The van der Waals surface area contributed by atoms with E-state index in [0.717, 1.165) is 5.56 Å². The SMILES string of the molecule is CCOc1ccc(C(=O)OCC(=O)N(C)CC(=O)Nc2ccc(C)cc2)cc1. The molecule has 0 unspecified atom stereocenters. The maximum absolute atomic E-state index is 12.1. The van der Waals surface area contributed by atoms with Crippen molar-refractivity contribution in [1.29, 1.82) is 0 Å². The first-order valence-corrected chi connectivity index (χ1v) is 8.89. The van der Waals surface area contributed by atoms with E-state index in [2.05, 4.69) is 5.32 Å². The molecule has 0 aliphatic rings. The molecule has 7 heteroatoms. The summed E-state index contributed by atoms with van der Waals surface area (Å²) in [6, 6.07) is 13.8. The summed E-state index contributed by atoms with van der Waals surface area (Å²) in [4.78, 5) is 37.4. The predicted molar refractivity (Wildman–Crippen MR) is 105 cm³/mol. The maximum Gasteiger partial charge on any atom is 0.338 e. The standard InChI is InChI=1S/C21H24N2O5/c1-4-27-18-11-7-16(8-12-18)21(26)28-14-20(25)23(3)13-19(24)22-17-9-5-15(2)6-10-17/h5-12H,4,13-14H2,1-3H3,(H,22,24). The monoisotopic (exact) mass is 384 g/mol. The smallest absolute Gasteiger partial charge is 0.338 e. The van der Waals surface area contributed by atoms with Crippen molar-refractivity contribution in [3.63, 3.8) is 0 Å². The van der Waals surface area contributed by atoms with Gasteiger partial charge in [0.15, 0.2) is 6.61 Å². The number of anilines is 1. The van der Waals surface area contributed by atoms with Gasteiger partial charge in [-0.25, -0.2) is 4.79 Å². The molecular formula is C21H24N2O5. The zero-order valence-corrected chi connectivity index (χ0v) is 16.2. The number of hydrogen-bond donors (Lipinski definition) is 1. The second-order valence-electron chi connectivity index (χ2n) is 6.20. The van der Waals surface area contributed by atoms with Gasteiger partial charge in [0.1, 0.15) is 5.75 Å². The molecule has 0 bridgehead atoms. The fourth-order valence-corrected chi connectivity index (χ4v) is 2.32. The highest BCUT2D eigenvalue weighted by atomic mass is 16.5. The summed E-state index contributed by atoms with van der Waals surface area (Å²) in [7, 11) is 1.47. The van der Waals surface area contributed by atoms with Crippen LogP contribution >= 0.6 is 0 Å². The highest BCUT2D eigenvalue weighted by molar-refractivity contribution is 5.95. The number of likely N-dealkylation sites (N-methyl/N-ethyl adjacent to an activating group) is 1. The van der Waals surface area contributed by atoms with Gasteiger partial charge >= 0.3 is 5.97 Å². The van der Waals surface area contributed by atoms with Crippen LogP contribution in [-0.4, -0.2) is 49.5 Å². The van der Waals surface area contributed by atoms with Crippen molar-refractivity contribution in [3.8, 4) is 5.75 Å². The van der Waals surface area contributed by atoms with Gasteiger partial charge in [0, 0.05) is 12.7 Å². The number of benzene rings is 2. The van der Waals surface area contributed by atoms with Crippen molar-refractivity contribution < 1.29 is 23.9 Å². The lowest BCUT2D eigenvalue weighted by Gasteiger charge is -2.17. The van der Waals surface area contributed by atoms with E-state index in [1.807, 2.05) is 26.0 Å². The Labute approximate surface area is 164 Å². The molecule has 2 rings (SSSR count). The number of nitrogens with zero attached hydrogens (tertiary/aromatic N) is 1. The van der Waals surface area contributed by atoms with Crippen LogP contribution in [0.15, 0.2) is 48.5 Å². The molecule has 2 aromatic rings. The molecule has 0 saturated carbocycles. The first-order valence-electron chi connectivity index (χ1n) is 8.89. The number of ether oxygens (including phenoxy) is 2. The maximum atomic E-state index is 12.1. The van der Waals surface area contributed by atoms with Gasteiger partial charge in [0.25, 0.3) is 5.91 Å². The Morgan fingerprint density at radius 2 is 1.64 bits per heavy atom. The van der Waals surface area contributed by atoms with Crippen molar-refractivity contribution in [2.75, 3.05) is 32.1 Å². The third kappa shape index (κ3) is 6.42. The van der Waals surface area contributed by atoms with Crippen molar-refractivity contribution >= 4 is 23.5 Å². The van der Waals surface area contributed by atoms with E-state index in [1.165, 1.54) is 11.9 Å². The van der Waals surface area contributed by atoms with Crippen molar-refractivity contribution in [2.45, 2.75) is 13.8 Å². The second-order valence-corrected chi connectivity index (χ2v) is 6.20. The summed E-state index contributed by atoms with van der Waals surface area (Å²) in [6.45, 7) is 3.76. The Hall–Kier alpha value is -3.35. The summed E-state index contributed by atoms with van der Waals surface area (Å²) in [6.07, 6.45) is 0. The minimum absolute atomic E-state index is 0.146. The zero-order chi connectivity index (χ0) is 20.5. The van der Waals surface area contributed by atoms with E-state index in [4.69, 9.17) is 9.47 Å². The highest BCUT2D eigenvalue weighted by Gasteiger charge is 2.16. The molecule has 0 atom stereocenters. The predicted octanol–water partition coefficient (Wildman–Crippen LogP) is 2.65. The number of carbonyl (C=O) groups is 3. The Kier molecular flexibility index (Phi) is 7.56. The van der Waals surface area contributed by atoms with Crippen LogP contribution in [-0.2, 0) is 14.3 Å². The van der Waals surface area contributed by atoms with Crippen LogP contribution in [0.2, 0.25) is 0 Å². The van der Waals surface area contributed by atoms with Gasteiger partial charge < -0.3 is 19.7 Å². The van der Waals surface area contributed by atoms with E-state index in [9.17, 15) is 14.4 Å². The zero-order valence-electron chi connectivity index (χ0n) is 16.2. The van der Waals surface area contributed by atoms with E-state index < -0.39 is 18.5 Å². The third-order valence-electron chi connectivity index (χ3n) is 3.87. The number of nitrogens with one attached hydrogen (secondary N) is 1. The van der Waals surface area contributed by atoms with E-state index in [0.29, 0.717) is 23.6 Å². The van der Waals surface area contributed by atoms with Gasteiger partial charge in [0.05, 0.1) is 18.7 Å². The number of carbonyl (C=O) groups excluding carboxylic acids is 3. The molecule has 0 aromatic heterocycles. The average Bonchev–Trinajstić information content (AvgIpc) is 2.68.